The molecule has 29 heavy (non-hydrogen) atoms. The largest absolute Gasteiger partial charge is 0.394 e. The van der Waals surface area contributed by atoms with E-state index in [0.717, 1.165) is 43.4 Å². The van der Waals surface area contributed by atoms with Crippen molar-refractivity contribution in [2.24, 2.45) is 0 Å². The van der Waals surface area contributed by atoms with Crippen LogP contribution in [0.15, 0.2) is 42.5 Å². The maximum Gasteiger partial charge on any atom is 0.114 e. The average molecular weight is 392 g/mol. The molecule has 1 aromatic heterocycles. The number of imidazole rings is 1. The number of aliphatic hydroxyl groups is 1. The normalized spacial score (nSPS) is 24.3. The lowest BCUT2D eigenvalue weighted by molar-refractivity contribution is -0.0386. The van der Waals surface area contributed by atoms with Gasteiger partial charge in [-0.2, -0.15) is 0 Å². The number of fused-ring (bicyclic) bond motifs is 3. The van der Waals surface area contributed by atoms with Gasteiger partial charge in [0.15, 0.2) is 0 Å². The van der Waals surface area contributed by atoms with Gasteiger partial charge in [0.1, 0.15) is 5.82 Å². The maximum absolute atomic E-state index is 9.43. The van der Waals surface area contributed by atoms with Crippen molar-refractivity contribution in [3.05, 3.63) is 59.4 Å². The molecule has 0 unspecified atom stereocenters. The van der Waals surface area contributed by atoms with E-state index in [4.69, 9.17) is 9.72 Å². The van der Waals surface area contributed by atoms with Crippen LogP contribution in [-0.4, -0.2) is 40.0 Å². The number of benzene rings is 2. The molecule has 0 amide bonds. The maximum atomic E-state index is 9.43. The summed E-state index contributed by atoms with van der Waals surface area (Å²) in [7, 11) is 0. The quantitative estimate of drug-likeness (QED) is 0.703. The molecule has 3 atom stereocenters. The fourth-order valence-corrected chi connectivity index (χ4v) is 4.80. The molecule has 1 saturated heterocycles. The first-order valence-corrected chi connectivity index (χ1v) is 10.8. The number of aryl methyl sites for hydroxylation is 1. The Morgan fingerprint density at radius 2 is 2.00 bits per heavy atom. The molecule has 3 heterocycles. The van der Waals surface area contributed by atoms with Crippen molar-refractivity contribution >= 4 is 16.7 Å². The Labute approximate surface area is 171 Å². The van der Waals surface area contributed by atoms with E-state index in [1.165, 1.54) is 22.3 Å². The van der Waals surface area contributed by atoms with E-state index in [9.17, 15) is 5.11 Å². The Morgan fingerprint density at radius 1 is 1.14 bits per heavy atom. The number of aliphatic hydroxyl groups excluding tert-OH is 1. The van der Waals surface area contributed by atoms with Crippen molar-refractivity contribution in [3.63, 3.8) is 0 Å². The van der Waals surface area contributed by atoms with Crippen LogP contribution in [0.1, 0.15) is 49.2 Å². The lowest BCUT2D eigenvalue weighted by Gasteiger charge is -2.30. The Morgan fingerprint density at radius 3 is 2.76 bits per heavy atom. The van der Waals surface area contributed by atoms with Gasteiger partial charge in [0, 0.05) is 23.7 Å². The van der Waals surface area contributed by atoms with E-state index in [-0.39, 0.29) is 18.8 Å². The fraction of sp³-hybridized carbons (Fsp3) is 0.458. The molecule has 0 saturated carbocycles. The molecule has 0 bridgehead atoms. The highest BCUT2D eigenvalue weighted by Gasteiger charge is 2.28. The van der Waals surface area contributed by atoms with Crippen molar-refractivity contribution in [1.29, 1.82) is 0 Å². The minimum Gasteiger partial charge on any atom is -0.394 e. The van der Waals surface area contributed by atoms with Gasteiger partial charge in [-0.25, -0.2) is 4.98 Å². The van der Waals surface area contributed by atoms with Gasteiger partial charge in [0.05, 0.1) is 36.4 Å². The zero-order valence-corrected chi connectivity index (χ0v) is 17.0. The third-order valence-corrected chi connectivity index (χ3v) is 6.39. The summed E-state index contributed by atoms with van der Waals surface area (Å²) in [6.07, 6.45) is 4.87. The van der Waals surface area contributed by atoms with Crippen LogP contribution in [0.3, 0.4) is 0 Å². The summed E-state index contributed by atoms with van der Waals surface area (Å²) in [6, 6.07) is 15.8. The van der Waals surface area contributed by atoms with Gasteiger partial charge in [0.25, 0.3) is 0 Å². The molecule has 0 spiro atoms. The molecular formula is C24H29N3O2. The molecule has 0 radical (unpaired) electrons. The number of nitrogens with one attached hydrogen (secondary N) is 1. The first-order valence-electron chi connectivity index (χ1n) is 10.8. The third-order valence-electron chi connectivity index (χ3n) is 6.39. The van der Waals surface area contributed by atoms with Crippen LogP contribution in [-0.2, 0) is 17.6 Å². The van der Waals surface area contributed by atoms with Crippen molar-refractivity contribution in [1.82, 2.24) is 9.55 Å². The molecule has 5 rings (SSSR count). The Hall–Kier alpha value is -2.37. The summed E-state index contributed by atoms with van der Waals surface area (Å²) in [4.78, 5) is 5.18. The van der Waals surface area contributed by atoms with Gasteiger partial charge in [0.2, 0.25) is 0 Å². The van der Waals surface area contributed by atoms with Crippen LogP contribution >= 0.6 is 0 Å². The Balaban J connectivity index is 1.59. The molecule has 0 aliphatic carbocycles. The van der Waals surface area contributed by atoms with Crippen LogP contribution in [0.25, 0.3) is 11.0 Å². The van der Waals surface area contributed by atoms with Crippen LogP contribution in [0.4, 0.5) is 5.69 Å². The topological polar surface area (TPSA) is 59.3 Å². The van der Waals surface area contributed by atoms with E-state index in [1.54, 1.807) is 0 Å². The van der Waals surface area contributed by atoms with Gasteiger partial charge < -0.3 is 19.7 Å². The number of aromatic nitrogens is 2. The SMILES string of the molecule is C[C@H]1CCc2c(ccc3c2nc(Cc2ccccc2)n3[C@@H]2CC[C@@H](CO)OC2)N1. The van der Waals surface area contributed by atoms with E-state index in [1.807, 2.05) is 0 Å². The minimum atomic E-state index is -0.0305. The van der Waals surface area contributed by atoms with Crippen molar-refractivity contribution in [2.75, 3.05) is 18.5 Å². The van der Waals surface area contributed by atoms with E-state index in [0.29, 0.717) is 12.6 Å². The second-order valence-corrected chi connectivity index (χ2v) is 8.47. The second-order valence-electron chi connectivity index (χ2n) is 8.47. The molecular weight excluding hydrogens is 362 g/mol. The molecule has 2 N–H and O–H groups in total. The zero-order chi connectivity index (χ0) is 19.8. The van der Waals surface area contributed by atoms with Gasteiger partial charge in [-0.3, -0.25) is 0 Å². The van der Waals surface area contributed by atoms with Crippen molar-refractivity contribution < 1.29 is 9.84 Å². The predicted octanol–water partition coefficient (Wildman–Crippen LogP) is 4.09. The molecule has 5 heteroatoms. The first-order chi connectivity index (χ1) is 14.2. The lowest BCUT2D eigenvalue weighted by atomic mass is 9.97. The third kappa shape index (κ3) is 3.53. The fourth-order valence-electron chi connectivity index (χ4n) is 4.80. The zero-order valence-electron chi connectivity index (χ0n) is 17.0. The smallest absolute Gasteiger partial charge is 0.114 e. The highest BCUT2D eigenvalue weighted by atomic mass is 16.5. The van der Waals surface area contributed by atoms with E-state index >= 15 is 0 Å². The molecule has 152 valence electrons. The van der Waals surface area contributed by atoms with Gasteiger partial charge in [-0.1, -0.05) is 30.3 Å². The number of ether oxygens (including phenoxy) is 1. The van der Waals surface area contributed by atoms with Crippen molar-refractivity contribution in [2.45, 2.75) is 57.2 Å². The standard InChI is InChI=1S/C24H29N3O2/c1-16-7-10-20-21(25-16)11-12-22-24(20)26-23(13-17-5-3-2-4-6-17)27(22)18-8-9-19(14-28)29-15-18/h2-6,11-12,16,18-19,25,28H,7-10,13-15H2,1H3/t16-,18+,19-/m0/s1. The number of anilines is 1. The van der Waals surface area contributed by atoms with Crippen molar-refractivity contribution in [3.8, 4) is 0 Å². The highest BCUT2D eigenvalue weighted by molar-refractivity contribution is 5.86. The van der Waals surface area contributed by atoms with Gasteiger partial charge >= 0.3 is 0 Å². The molecule has 2 aliphatic rings. The summed E-state index contributed by atoms with van der Waals surface area (Å²) in [6.45, 7) is 2.97. The minimum absolute atomic E-state index is 0.0305. The average Bonchev–Trinajstić information content (AvgIpc) is 3.12. The van der Waals surface area contributed by atoms with Crippen LogP contribution in [0, 0.1) is 0 Å². The lowest BCUT2D eigenvalue weighted by Crippen LogP contribution is -2.30. The molecule has 3 aromatic rings. The molecule has 5 nitrogen and oxygen atoms in total. The van der Waals surface area contributed by atoms with E-state index in [2.05, 4.69) is 59.3 Å². The molecule has 1 fully saturated rings. The van der Waals surface area contributed by atoms with Gasteiger partial charge in [-0.15, -0.1) is 0 Å². The Bertz CT molecular complexity index is 990. The number of hydrogen-bond acceptors (Lipinski definition) is 4. The molecule has 2 aliphatic heterocycles. The number of rotatable bonds is 4. The number of nitrogens with zero attached hydrogens (tertiary/aromatic N) is 2. The summed E-state index contributed by atoms with van der Waals surface area (Å²) in [5, 5.41) is 13.1. The summed E-state index contributed by atoms with van der Waals surface area (Å²) in [5.74, 6) is 1.11. The summed E-state index contributed by atoms with van der Waals surface area (Å²) >= 11 is 0. The predicted molar refractivity (Wildman–Crippen MR) is 115 cm³/mol. The van der Waals surface area contributed by atoms with Crippen LogP contribution in [0.5, 0.6) is 0 Å². The number of hydrogen-bond donors (Lipinski definition) is 2. The van der Waals surface area contributed by atoms with Gasteiger partial charge in [-0.05, 0) is 50.3 Å². The van der Waals surface area contributed by atoms with Crippen LogP contribution in [0.2, 0.25) is 0 Å². The highest BCUT2D eigenvalue weighted by Crippen LogP contribution is 2.36. The molecule has 2 aromatic carbocycles. The summed E-state index contributed by atoms with van der Waals surface area (Å²) in [5.41, 5.74) is 6.19. The first kappa shape index (κ1) is 18.6. The van der Waals surface area contributed by atoms with E-state index < -0.39 is 0 Å². The summed E-state index contributed by atoms with van der Waals surface area (Å²) < 4.78 is 8.34. The van der Waals surface area contributed by atoms with Crippen LogP contribution < -0.4 is 5.32 Å². The Kier molecular flexibility index (Phi) is 5.02. The second kappa shape index (κ2) is 7.81. The monoisotopic (exact) mass is 391 g/mol.